The second-order valence-electron chi connectivity index (χ2n) is 24.8. The molecule has 0 aromatic heterocycles. The maximum atomic E-state index is 14.6. The molecule has 1 amide bonds. The normalized spacial score (nSPS) is 22.3. The third-order valence-corrected chi connectivity index (χ3v) is 16.7. The van der Waals surface area contributed by atoms with Crippen LogP contribution in [0.5, 0.6) is 0 Å². The lowest BCUT2D eigenvalue weighted by molar-refractivity contribution is -0.363. The van der Waals surface area contributed by atoms with Crippen LogP contribution in [0.15, 0.2) is 236 Å². The smallest absolute Gasteiger partial charge is 0.407 e. The summed E-state index contributed by atoms with van der Waals surface area (Å²) in [6, 6.07) is 71.5. The zero-order valence-electron chi connectivity index (χ0n) is 53.9. The summed E-state index contributed by atoms with van der Waals surface area (Å²) in [5.74, 6) is -1.10. The van der Waals surface area contributed by atoms with Crippen LogP contribution >= 0.6 is 0 Å². The average molecular weight is 1290 g/mol. The standard InChI is InChI=1S/C77H82N4O14/c1-52(66(73(82)95-77(2,3)4)79-76(83)90-49-63-61-41-25-23-39-59(61)60-40-24-26-42-62(60)63)91-74-67(80-81-78)70(68(86-45-55-31-15-7-16-32-55)64(92-74)50-84-43-53-27-11-5-12-28-53)94-75-72(89-48-58-37-21-10-22-38-58)71(88-47-57-35-19-9-20-36-57)69(87-46-56-33-17-8-18-34-56)65(93-75)51-85-44-54-29-13-6-14-30-54/h5-42,52,63-72,74-75H,43-51H2,1-4H3,(H,79,83)/t52-,64+,65+,66-,67+,68-,69-,70+,71-,72+,74-,75-/m0/s1. The molecule has 0 bridgehead atoms. The molecule has 494 valence electrons. The zero-order valence-corrected chi connectivity index (χ0v) is 53.9. The van der Waals surface area contributed by atoms with E-state index in [9.17, 15) is 15.1 Å². The molecule has 0 unspecified atom stereocenters. The fourth-order valence-corrected chi connectivity index (χ4v) is 12.1. The summed E-state index contributed by atoms with van der Waals surface area (Å²) in [4.78, 5) is 32.3. The summed E-state index contributed by atoms with van der Waals surface area (Å²) in [7, 11) is 0. The van der Waals surface area contributed by atoms with Crippen LogP contribution in [-0.2, 0) is 101 Å². The van der Waals surface area contributed by atoms with Crippen molar-refractivity contribution in [3.63, 3.8) is 0 Å². The Kier molecular flexibility index (Phi) is 24.0. The molecule has 12 atom stereocenters. The number of nitrogens with zero attached hydrogens (tertiary/aromatic N) is 3. The Morgan fingerprint density at radius 1 is 0.484 bits per heavy atom. The Morgan fingerprint density at radius 3 is 1.29 bits per heavy atom. The van der Waals surface area contributed by atoms with Crippen LogP contribution in [0.25, 0.3) is 21.6 Å². The molecule has 0 saturated carbocycles. The summed E-state index contributed by atoms with van der Waals surface area (Å²) >= 11 is 0. The highest BCUT2D eigenvalue weighted by molar-refractivity contribution is 5.83. The highest BCUT2D eigenvalue weighted by Gasteiger charge is 2.55. The Balaban J connectivity index is 0.969. The number of esters is 1. The van der Waals surface area contributed by atoms with Crippen molar-refractivity contribution in [3.8, 4) is 11.1 Å². The number of rotatable bonds is 30. The van der Waals surface area contributed by atoms with Gasteiger partial charge in [0.2, 0.25) is 0 Å². The van der Waals surface area contributed by atoms with Gasteiger partial charge in [-0.1, -0.05) is 236 Å². The van der Waals surface area contributed by atoms with Crippen LogP contribution in [0.2, 0.25) is 0 Å². The van der Waals surface area contributed by atoms with Crippen LogP contribution in [0.3, 0.4) is 0 Å². The van der Waals surface area contributed by atoms with Gasteiger partial charge >= 0.3 is 12.1 Å². The fourth-order valence-electron chi connectivity index (χ4n) is 12.1. The topological polar surface area (TPSA) is 206 Å². The number of carbonyl (C=O) groups is 2. The molecular weight excluding hydrogens is 1200 g/mol. The van der Waals surface area contributed by atoms with Gasteiger partial charge in [-0.2, -0.15) is 0 Å². The van der Waals surface area contributed by atoms with E-state index in [1.165, 1.54) is 0 Å². The molecule has 1 aliphatic carbocycles. The number of benzene rings is 8. The first-order valence-electron chi connectivity index (χ1n) is 32.3. The molecule has 2 aliphatic heterocycles. The summed E-state index contributed by atoms with van der Waals surface area (Å²) < 4.78 is 82.1. The monoisotopic (exact) mass is 1290 g/mol. The second-order valence-corrected chi connectivity index (χ2v) is 24.8. The fraction of sp³-hybridized carbons (Fsp3) is 0.351. The molecule has 18 heteroatoms. The first-order chi connectivity index (χ1) is 46.4. The van der Waals surface area contributed by atoms with Crippen molar-refractivity contribution in [1.29, 1.82) is 0 Å². The predicted octanol–water partition coefficient (Wildman–Crippen LogP) is 13.9. The number of ether oxygens (including phenoxy) is 12. The minimum absolute atomic E-state index is 0.00817. The van der Waals surface area contributed by atoms with E-state index in [1.54, 1.807) is 27.7 Å². The molecule has 2 fully saturated rings. The highest BCUT2D eigenvalue weighted by atomic mass is 16.8. The van der Waals surface area contributed by atoms with E-state index >= 15 is 0 Å². The van der Waals surface area contributed by atoms with Gasteiger partial charge < -0.3 is 62.2 Å². The summed E-state index contributed by atoms with van der Waals surface area (Å²) in [6.45, 7) is 7.51. The van der Waals surface area contributed by atoms with Crippen molar-refractivity contribution in [3.05, 3.63) is 285 Å². The summed E-state index contributed by atoms with van der Waals surface area (Å²) in [5, 5.41) is 7.22. The Labute approximate surface area is 555 Å². The molecule has 0 spiro atoms. The second kappa shape index (κ2) is 33.7. The summed E-state index contributed by atoms with van der Waals surface area (Å²) in [5.41, 5.74) is 19.3. The van der Waals surface area contributed by atoms with Gasteiger partial charge in [-0.05, 0) is 88.9 Å². The third kappa shape index (κ3) is 18.7. The van der Waals surface area contributed by atoms with Gasteiger partial charge in [0.25, 0.3) is 0 Å². The molecule has 8 aromatic carbocycles. The van der Waals surface area contributed by atoms with Crippen molar-refractivity contribution in [2.24, 2.45) is 5.11 Å². The Hall–Kier alpha value is -8.59. The van der Waals surface area contributed by atoms with Gasteiger partial charge in [0.15, 0.2) is 18.6 Å². The average Bonchev–Trinajstić information content (AvgIpc) is 1.50. The van der Waals surface area contributed by atoms with Crippen molar-refractivity contribution in [2.75, 3.05) is 19.8 Å². The van der Waals surface area contributed by atoms with E-state index in [2.05, 4.69) is 15.3 Å². The quantitative estimate of drug-likeness (QED) is 0.0192. The number of hydrogen-bond donors (Lipinski definition) is 1. The Morgan fingerprint density at radius 2 is 0.863 bits per heavy atom. The van der Waals surface area contributed by atoms with E-state index in [0.717, 1.165) is 55.6 Å². The number of amides is 1. The van der Waals surface area contributed by atoms with Crippen LogP contribution in [0.1, 0.15) is 78.1 Å². The van der Waals surface area contributed by atoms with E-state index in [4.69, 9.17) is 56.8 Å². The molecule has 11 rings (SSSR count). The first kappa shape index (κ1) is 67.8. The van der Waals surface area contributed by atoms with Gasteiger partial charge in [-0.15, -0.1) is 0 Å². The predicted molar refractivity (Wildman–Crippen MR) is 356 cm³/mol. The van der Waals surface area contributed by atoms with E-state index in [-0.39, 0.29) is 65.4 Å². The number of carbonyl (C=O) groups excluding carboxylic acids is 2. The van der Waals surface area contributed by atoms with Gasteiger partial charge in [-0.3, -0.25) is 0 Å². The third-order valence-electron chi connectivity index (χ3n) is 16.7. The number of alkyl carbamates (subject to hydrolysis) is 1. The lowest BCUT2D eigenvalue weighted by atomic mass is 9.95. The van der Waals surface area contributed by atoms with E-state index in [0.29, 0.717) is 0 Å². The van der Waals surface area contributed by atoms with Crippen LogP contribution in [0.4, 0.5) is 4.79 Å². The zero-order chi connectivity index (χ0) is 65.8. The van der Waals surface area contributed by atoms with Crippen molar-refractivity contribution in [1.82, 2.24) is 5.32 Å². The highest BCUT2D eigenvalue weighted by Crippen LogP contribution is 2.45. The molecule has 1 N–H and O–H groups in total. The maximum absolute atomic E-state index is 14.6. The molecule has 3 aliphatic rings. The number of azide groups is 1. The maximum Gasteiger partial charge on any atom is 0.407 e. The lowest BCUT2D eigenvalue weighted by Gasteiger charge is -2.50. The van der Waals surface area contributed by atoms with Gasteiger partial charge in [0.05, 0.1) is 59.0 Å². The number of hydrogen-bond acceptors (Lipinski definition) is 15. The van der Waals surface area contributed by atoms with Gasteiger partial charge in [0.1, 0.15) is 61.0 Å². The van der Waals surface area contributed by atoms with Crippen molar-refractivity contribution < 1.29 is 66.4 Å². The summed E-state index contributed by atoms with van der Waals surface area (Å²) in [6.07, 6.45) is -12.3. The van der Waals surface area contributed by atoms with Crippen molar-refractivity contribution >= 4 is 12.1 Å². The first-order valence-corrected chi connectivity index (χ1v) is 32.3. The minimum Gasteiger partial charge on any atom is -0.458 e. The molecule has 18 nitrogen and oxygen atoms in total. The SMILES string of the molecule is C[C@H](O[C@H]1O[C@H](COCc2ccccc2)[C@H](OCc2ccccc2)[C@H](O[C@@H]2O[C@H](COCc3ccccc3)[C@H](OCc3ccccc3)[C@H](OCc3ccccc3)[C@H]2OCc2ccccc2)[C@H]1N=[N+]=[N-])[C@H](NC(=O)OCC1c2ccccc2-c2ccccc21)C(=O)OC(C)(C)C. The minimum atomic E-state index is -1.54. The Bertz CT molecular complexity index is 3650. The largest absolute Gasteiger partial charge is 0.458 e. The van der Waals surface area contributed by atoms with Crippen LogP contribution in [0, 0.1) is 0 Å². The van der Waals surface area contributed by atoms with Crippen LogP contribution < -0.4 is 5.32 Å². The lowest BCUT2D eigenvalue weighted by Crippen LogP contribution is -2.66. The van der Waals surface area contributed by atoms with Gasteiger partial charge in [-0.25, -0.2) is 9.59 Å². The molecule has 8 aromatic rings. The molecule has 2 saturated heterocycles. The molecule has 2 heterocycles. The van der Waals surface area contributed by atoms with Crippen LogP contribution in [-0.4, -0.2) is 111 Å². The molecular formula is C77H82N4O14. The van der Waals surface area contributed by atoms with Crippen molar-refractivity contribution in [2.45, 2.75) is 152 Å². The number of fused-ring (bicyclic) bond motifs is 3. The number of nitrogens with one attached hydrogen (secondary N) is 1. The molecule has 95 heavy (non-hydrogen) atoms. The molecule has 0 radical (unpaired) electrons. The van der Waals surface area contributed by atoms with Gasteiger partial charge in [0, 0.05) is 10.8 Å². The van der Waals surface area contributed by atoms with E-state index in [1.807, 2.05) is 231 Å². The van der Waals surface area contributed by atoms with E-state index < -0.39 is 91.2 Å².